The van der Waals surface area contributed by atoms with Gasteiger partial charge in [0.05, 0.1) is 11.1 Å². The highest BCUT2D eigenvalue weighted by Gasteiger charge is 2.48. The lowest BCUT2D eigenvalue weighted by Gasteiger charge is -2.49. The molecule has 2 fully saturated rings. The number of carbonyl (C=O) groups excluding carboxylic acids is 1. The van der Waals surface area contributed by atoms with E-state index in [4.69, 9.17) is 0 Å². The summed E-state index contributed by atoms with van der Waals surface area (Å²) >= 11 is 3.52. The van der Waals surface area contributed by atoms with E-state index in [2.05, 4.69) is 31.5 Å². The van der Waals surface area contributed by atoms with Crippen molar-refractivity contribution in [3.8, 4) is 0 Å². The highest BCUT2D eigenvalue weighted by atomic mass is 79.9. The van der Waals surface area contributed by atoms with E-state index in [1.54, 1.807) is 0 Å². The van der Waals surface area contributed by atoms with Crippen LogP contribution in [0.25, 0.3) is 5.52 Å². The molecule has 0 radical (unpaired) electrons. The summed E-state index contributed by atoms with van der Waals surface area (Å²) in [6.07, 6.45) is 3.17. The van der Waals surface area contributed by atoms with E-state index in [0.717, 1.165) is 29.0 Å². The molecule has 0 aromatic carbocycles. The Hall–Kier alpha value is -1.40. The molecular formula is C17H21BrN4O. The first kappa shape index (κ1) is 15.1. The van der Waals surface area contributed by atoms with Crippen LogP contribution in [0.3, 0.4) is 0 Å². The second-order valence-corrected chi connectivity index (χ2v) is 7.99. The van der Waals surface area contributed by atoms with Crippen molar-refractivity contribution in [1.82, 2.24) is 20.0 Å². The first-order chi connectivity index (χ1) is 11.0. The molecule has 2 aromatic rings. The molecule has 1 saturated carbocycles. The Balaban J connectivity index is 1.61. The molecule has 2 N–H and O–H groups in total. The Kier molecular flexibility index (Phi) is 3.50. The summed E-state index contributed by atoms with van der Waals surface area (Å²) in [5.41, 5.74) is 0.486. The number of halogens is 1. The molecule has 1 aliphatic carbocycles. The minimum Gasteiger partial charge on any atom is -0.344 e. The summed E-state index contributed by atoms with van der Waals surface area (Å²) in [5, 5.41) is 6.63. The van der Waals surface area contributed by atoms with Gasteiger partial charge in [-0.1, -0.05) is 6.07 Å². The monoisotopic (exact) mass is 376 g/mol. The lowest BCUT2D eigenvalue weighted by Crippen LogP contribution is -2.60. The largest absolute Gasteiger partial charge is 0.344 e. The molecule has 1 aliphatic heterocycles. The molecule has 3 atom stereocenters. The van der Waals surface area contributed by atoms with Gasteiger partial charge in [0.25, 0.3) is 0 Å². The van der Waals surface area contributed by atoms with Crippen LogP contribution >= 0.6 is 15.9 Å². The fourth-order valence-electron chi connectivity index (χ4n) is 4.06. The van der Waals surface area contributed by atoms with Gasteiger partial charge in [0.15, 0.2) is 0 Å². The number of pyridine rings is 1. The molecule has 5 nitrogen and oxygen atoms in total. The summed E-state index contributed by atoms with van der Waals surface area (Å²) in [6, 6.07) is 5.98. The van der Waals surface area contributed by atoms with Crippen LogP contribution < -0.4 is 10.6 Å². The summed E-state index contributed by atoms with van der Waals surface area (Å²) < 4.78 is 2.84. The van der Waals surface area contributed by atoms with Crippen LogP contribution in [-0.2, 0) is 10.3 Å². The minimum absolute atomic E-state index is 0.158. The van der Waals surface area contributed by atoms with E-state index < -0.39 is 5.54 Å². The second-order valence-electron chi connectivity index (χ2n) is 7.24. The molecule has 1 amide bonds. The number of imidazole rings is 1. The maximum absolute atomic E-state index is 12.8. The van der Waals surface area contributed by atoms with E-state index in [9.17, 15) is 4.79 Å². The number of fused-ring (bicyclic) bond motifs is 3. The van der Waals surface area contributed by atoms with Gasteiger partial charge in [-0.25, -0.2) is 4.98 Å². The van der Waals surface area contributed by atoms with E-state index in [1.165, 1.54) is 6.42 Å². The third kappa shape index (κ3) is 2.39. The molecule has 1 saturated heterocycles. The van der Waals surface area contributed by atoms with Gasteiger partial charge in [-0.3, -0.25) is 4.79 Å². The molecule has 2 aromatic heterocycles. The number of nitrogens with zero attached hydrogens (tertiary/aromatic N) is 2. The van der Waals surface area contributed by atoms with Gasteiger partial charge in [-0.15, -0.1) is 0 Å². The zero-order valence-corrected chi connectivity index (χ0v) is 14.9. The van der Waals surface area contributed by atoms with Crippen molar-refractivity contribution in [3.05, 3.63) is 34.8 Å². The molecule has 3 heterocycles. The Morgan fingerprint density at radius 3 is 2.83 bits per heavy atom. The number of carbonyl (C=O) groups is 1. The molecule has 122 valence electrons. The number of rotatable bonds is 3. The first-order valence-corrected chi connectivity index (χ1v) is 8.92. The van der Waals surface area contributed by atoms with Crippen LogP contribution in [0, 0.1) is 17.8 Å². The number of hydrogen-bond acceptors (Lipinski definition) is 3. The average Bonchev–Trinajstić information content (AvgIpc) is 2.86. The molecular weight excluding hydrogens is 356 g/mol. The number of piperidine rings is 2. The van der Waals surface area contributed by atoms with E-state index >= 15 is 0 Å². The third-order valence-electron chi connectivity index (χ3n) is 5.24. The van der Waals surface area contributed by atoms with Crippen molar-refractivity contribution < 1.29 is 4.79 Å². The molecule has 0 unspecified atom stereocenters. The van der Waals surface area contributed by atoms with Crippen LogP contribution in [0.1, 0.15) is 26.1 Å². The molecule has 23 heavy (non-hydrogen) atoms. The van der Waals surface area contributed by atoms with Crippen LogP contribution in [-0.4, -0.2) is 28.4 Å². The van der Waals surface area contributed by atoms with Crippen LogP contribution in [0.5, 0.6) is 0 Å². The van der Waals surface area contributed by atoms with Crippen LogP contribution in [0.15, 0.2) is 29.0 Å². The van der Waals surface area contributed by atoms with Crippen molar-refractivity contribution in [2.24, 2.45) is 17.8 Å². The van der Waals surface area contributed by atoms with Gasteiger partial charge >= 0.3 is 0 Å². The quantitative estimate of drug-likeness (QED) is 0.863. The van der Waals surface area contributed by atoms with Crippen LogP contribution in [0.4, 0.5) is 0 Å². The SMILES string of the molecule is CC(C)(NC(=O)[C@@H]1[C@@H]2CNC[C@H]1C2)c1nc(Br)c2ccccn12. The number of amides is 1. The fraction of sp³-hybridized carbons (Fsp3) is 0.529. The number of hydrogen-bond donors (Lipinski definition) is 2. The summed E-state index contributed by atoms with van der Waals surface area (Å²) in [6.45, 7) is 5.97. The normalized spacial score (nSPS) is 26.8. The van der Waals surface area contributed by atoms with E-state index in [0.29, 0.717) is 11.8 Å². The van der Waals surface area contributed by atoms with Crippen molar-refractivity contribution in [3.63, 3.8) is 0 Å². The lowest BCUT2D eigenvalue weighted by molar-refractivity contribution is -0.138. The van der Waals surface area contributed by atoms with Crippen molar-refractivity contribution in [2.75, 3.05) is 13.1 Å². The van der Waals surface area contributed by atoms with Gasteiger partial charge in [-0.2, -0.15) is 0 Å². The number of nitrogens with one attached hydrogen (secondary N) is 2. The van der Waals surface area contributed by atoms with Gasteiger partial charge in [0.1, 0.15) is 10.4 Å². The molecule has 6 heteroatoms. The zero-order chi connectivity index (χ0) is 16.2. The number of aromatic nitrogens is 2. The molecule has 4 rings (SSSR count). The predicted molar refractivity (Wildman–Crippen MR) is 92.0 cm³/mol. The summed E-state index contributed by atoms with van der Waals surface area (Å²) in [4.78, 5) is 17.4. The van der Waals surface area contributed by atoms with Crippen LogP contribution in [0.2, 0.25) is 0 Å². The minimum atomic E-state index is -0.523. The Labute approximate surface area is 144 Å². The Morgan fingerprint density at radius 2 is 2.13 bits per heavy atom. The highest BCUT2D eigenvalue weighted by molar-refractivity contribution is 9.10. The van der Waals surface area contributed by atoms with E-state index in [-0.39, 0.29) is 11.8 Å². The third-order valence-corrected chi connectivity index (χ3v) is 5.82. The Bertz CT molecular complexity index is 755. The van der Waals surface area contributed by atoms with E-state index in [1.807, 2.05) is 42.6 Å². The average molecular weight is 377 g/mol. The fourth-order valence-corrected chi connectivity index (χ4v) is 4.55. The summed E-state index contributed by atoms with van der Waals surface area (Å²) in [7, 11) is 0. The molecule has 0 spiro atoms. The molecule has 2 aliphatic rings. The highest BCUT2D eigenvalue weighted by Crippen LogP contribution is 2.43. The summed E-state index contributed by atoms with van der Waals surface area (Å²) in [5.74, 6) is 2.16. The topological polar surface area (TPSA) is 58.4 Å². The van der Waals surface area contributed by atoms with Gasteiger partial charge in [0.2, 0.25) is 5.91 Å². The predicted octanol–water partition coefficient (Wildman–Crippen LogP) is 2.30. The van der Waals surface area contributed by atoms with Gasteiger partial charge < -0.3 is 15.0 Å². The smallest absolute Gasteiger partial charge is 0.224 e. The van der Waals surface area contributed by atoms with Crippen molar-refractivity contribution in [2.45, 2.75) is 25.8 Å². The maximum atomic E-state index is 12.8. The standard InChI is InChI=1S/C17H21BrN4O/c1-17(2,16-20-14(18)12-5-3-4-6-22(12)16)21-15(23)13-10-7-11(13)9-19-8-10/h3-6,10-11,13,19H,7-9H2,1-2H3,(H,21,23)/t10-,11+,13+. The molecule has 2 bridgehead atoms. The second kappa shape index (κ2) is 5.31. The maximum Gasteiger partial charge on any atom is 0.224 e. The van der Waals surface area contributed by atoms with Crippen molar-refractivity contribution >= 4 is 27.4 Å². The van der Waals surface area contributed by atoms with Crippen molar-refractivity contribution in [1.29, 1.82) is 0 Å². The van der Waals surface area contributed by atoms with Gasteiger partial charge in [0, 0.05) is 12.1 Å². The lowest BCUT2D eigenvalue weighted by atomic mass is 9.61. The zero-order valence-electron chi connectivity index (χ0n) is 13.3. The first-order valence-electron chi connectivity index (χ1n) is 8.13. The van der Waals surface area contributed by atoms with Gasteiger partial charge in [-0.05, 0) is 73.3 Å². The Morgan fingerprint density at radius 1 is 1.39 bits per heavy atom.